The molecule has 3 nitrogen and oxygen atoms in total. The number of Topliss-reactive ketones (excluding diaryl/α,β-unsaturated/α-hetero) is 2. The van der Waals surface area contributed by atoms with Crippen LogP contribution in [-0.2, 0) is 9.59 Å². The van der Waals surface area contributed by atoms with Gasteiger partial charge < -0.3 is 0 Å². The number of nitrogens with zero attached hydrogens (tertiary/aromatic N) is 1. The Labute approximate surface area is 107 Å². The number of likely N-dealkylation sites (tertiary alicyclic amines) is 1. The van der Waals surface area contributed by atoms with Gasteiger partial charge in [0.2, 0.25) is 11.6 Å². The maximum Gasteiger partial charge on any atom is 0.215 e. The van der Waals surface area contributed by atoms with Gasteiger partial charge in [0.25, 0.3) is 0 Å². The summed E-state index contributed by atoms with van der Waals surface area (Å²) >= 11 is 0. The van der Waals surface area contributed by atoms with E-state index < -0.39 is 0 Å². The highest BCUT2D eigenvalue weighted by molar-refractivity contribution is 6.42. The number of hydrogen-bond donors (Lipinski definition) is 0. The van der Waals surface area contributed by atoms with Gasteiger partial charge in [-0.15, -0.1) is 0 Å². The highest BCUT2D eigenvalue weighted by atomic mass is 16.2. The summed E-state index contributed by atoms with van der Waals surface area (Å²) in [5, 5.41) is 0. The molecule has 1 saturated carbocycles. The van der Waals surface area contributed by atoms with Crippen molar-refractivity contribution in [2.75, 3.05) is 6.54 Å². The van der Waals surface area contributed by atoms with Crippen LogP contribution in [0.3, 0.4) is 0 Å². The lowest BCUT2D eigenvalue weighted by Crippen LogP contribution is -2.42. The summed E-state index contributed by atoms with van der Waals surface area (Å²) in [6.45, 7) is 2.97. The van der Waals surface area contributed by atoms with Gasteiger partial charge in [0.15, 0.2) is 0 Å². The zero-order valence-electron chi connectivity index (χ0n) is 10.5. The Kier molecular flexibility index (Phi) is 2.78. The van der Waals surface area contributed by atoms with Crippen LogP contribution in [0.1, 0.15) is 31.4 Å². The molecule has 0 aromatic heterocycles. The number of carbonyl (C=O) groups is 2. The zero-order valence-corrected chi connectivity index (χ0v) is 10.5. The van der Waals surface area contributed by atoms with Crippen molar-refractivity contribution in [3.8, 4) is 0 Å². The van der Waals surface area contributed by atoms with Gasteiger partial charge >= 0.3 is 0 Å². The molecule has 1 aliphatic carbocycles. The number of carbonyl (C=O) groups excluding carboxylic acids is 2. The van der Waals surface area contributed by atoms with E-state index in [1.807, 2.05) is 18.2 Å². The average molecular weight is 243 g/mol. The summed E-state index contributed by atoms with van der Waals surface area (Å²) in [7, 11) is 0. The molecule has 2 aliphatic rings. The van der Waals surface area contributed by atoms with Crippen LogP contribution in [0.4, 0.5) is 0 Å². The number of fused-ring (bicyclic) bond motifs is 2. The Hall–Kier alpha value is -1.48. The van der Waals surface area contributed by atoms with Crippen molar-refractivity contribution in [1.29, 1.82) is 0 Å². The van der Waals surface area contributed by atoms with Crippen LogP contribution in [0.5, 0.6) is 0 Å². The molecule has 3 rings (SSSR count). The molecule has 94 valence electrons. The third-order valence-corrected chi connectivity index (χ3v) is 4.34. The van der Waals surface area contributed by atoms with E-state index in [1.54, 1.807) is 0 Å². The Balaban J connectivity index is 1.85. The lowest BCUT2D eigenvalue weighted by Gasteiger charge is -2.36. The molecule has 0 radical (unpaired) electrons. The van der Waals surface area contributed by atoms with Gasteiger partial charge in [0.1, 0.15) is 0 Å². The summed E-state index contributed by atoms with van der Waals surface area (Å²) in [4.78, 5) is 25.9. The summed E-state index contributed by atoms with van der Waals surface area (Å²) in [6.07, 6.45) is 1.56. The van der Waals surface area contributed by atoms with Crippen LogP contribution in [0.15, 0.2) is 30.3 Å². The number of rotatable bonds is 2. The molecule has 1 heterocycles. The van der Waals surface area contributed by atoms with Gasteiger partial charge in [-0.05, 0) is 25.3 Å². The fraction of sp³-hybridized carbons (Fsp3) is 0.467. The standard InChI is InChI=1S/C15H17NO2/c1-10(11-5-3-2-4-6-11)16-8-7-12-9-13(16)15(18)14(12)17/h2-6,10,12-13H,7-9H2,1H3. The summed E-state index contributed by atoms with van der Waals surface area (Å²) in [5.41, 5.74) is 1.21. The van der Waals surface area contributed by atoms with E-state index in [4.69, 9.17) is 0 Å². The van der Waals surface area contributed by atoms with Crippen molar-refractivity contribution in [3.05, 3.63) is 35.9 Å². The molecule has 1 saturated heterocycles. The second kappa shape index (κ2) is 4.32. The predicted octanol–water partition coefficient (Wildman–Crippen LogP) is 1.98. The summed E-state index contributed by atoms with van der Waals surface area (Å²) in [5.74, 6) is -0.301. The molecule has 3 atom stereocenters. The van der Waals surface area contributed by atoms with Crippen molar-refractivity contribution in [3.63, 3.8) is 0 Å². The molecule has 2 bridgehead atoms. The molecule has 2 fully saturated rings. The minimum atomic E-state index is -0.175. The maximum atomic E-state index is 11.9. The molecule has 3 unspecified atom stereocenters. The van der Waals surface area contributed by atoms with Crippen LogP contribution in [0, 0.1) is 5.92 Å². The van der Waals surface area contributed by atoms with Crippen LogP contribution < -0.4 is 0 Å². The third kappa shape index (κ3) is 1.70. The largest absolute Gasteiger partial charge is 0.291 e. The van der Waals surface area contributed by atoms with Crippen molar-refractivity contribution < 1.29 is 9.59 Å². The molecule has 0 N–H and O–H groups in total. The molecule has 1 aromatic rings. The van der Waals surface area contributed by atoms with E-state index >= 15 is 0 Å². The van der Waals surface area contributed by atoms with Crippen LogP contribution in [-0.4, -0.2) is 29.1 Å². The molecular weight excluding hydrogens is 226 g/mol. The smallest absolute Gasteiger partial charge is 0.215 e. The van der Waals surface area contributed by atoms with Crippen LogP contribution in [0.25, 0.3) is 0 Å². The summed E-state index contributed by atoms with van der Waals surface area (Å²) < 4.78 is 0. The number of hydrogen-bond acceptors (Lipinski definition) is 3. The fourth-order valence-corrected chi connectivity index (χ4v) is 3.23. The second-order valence-electron chi connectivity index (χ2n) is 5.29. The molecular formula is C15H17NO2. The van der Waals surface area contributed by atoms with Crippen molar-refractivity contribution in [1.82, 2.24) is 4.90 Å². The normalized spacial score (nSPS) is 29.6. The van der Waals surface area contributed by atoms with Gasteiger partial charge in [-0.3, -0.25) is 14.5 Å². The highest BCUT2D eigenvalue weighted by Crippen LogP contribution is 2.36. The SMILES string of the molecule is CC(c1ccccc1)N1CCC2CC1C(=O)C2=O. The lowest BCUT2D eigenvalue weighted by atomic mass is 9.96. The van der Waals surface area contributed by atoms with Crippen molar-refractivity contribution in [2.45, 2.75) is 31.8 Å². The number of benzene rings is 1. The van der Waals surface area contributed by atoms with E-state index in [9.17, 15) is 9.59 Å². The molecule has 1 aliphatic heterocycles. The monoisotopic (exact) mass is 243 g/mol. The Morgan fingerprint density at radius 2 is 1.89 bits per heavy atom. The minimum Gasteiger partial charge on any atom is -0.291 e. The Morgan fingerprint density at radius 3 is 2.61 bits per heavy atom. The first kappa shape index (κ1) is 11.6. The van der Waals surface area contributed by atoms with Gasteiger partial charge in [0, 0.05) is 18.5 Å². The zero-order chi connectivity index (χ0) is 12.7. The maximum absolute atomic E-state index is 11.9. The Bertz CT molecular complexity index is 483. The van der Waals surface area contributed by atoms with E-state index in [2.05, 4.69) is 24.0 Å². The van der Waals surface area contributed by atoms with E-state index in [1.165, 1.54) is 5.56 Å². The van der Waals surface area contributed by atoms with E-state index in [-0.39, 0.29) is 29.6 Å². The summed E-state index contributed by atoms with van der Waals surface area (Å²) in [6, 6.07) is 10.2. The number of ketones is 2. The molecule has 18 heavy (non-hydrogen) atoms. The lowest BCUT2D eigenvalue weighted by molar-refractivity contribution is -0.136. The first-order chi connectivity index (χ1) is 8.68. The third-order valence-electron chi connectivity index (χ3n) is 4.34. The fourth-order valence-electron chi connectivity index (χ4n) is 3.23. The molecule has 0 spiro atoms. The van der Waals surface area contributed by atoms with Gasteiger partial charge in [-0.25, -0.2) is 0 Å². The van der Waals surface area contributed by atoms with E-state index in [0.717, 1.165) is 19.4 Å². The second-order valence-corrected chi connectivity index (χ2v) is 5.29. The van der Waals surface area contributed by atoms with Crippen LogP contribution >= 0.6 is 0 Å². The molecule has 3 heteroatoms. The number of piperidine rings is 1. The first-order valence-electron chi connectivity index (χ1n) is 6.57. The van der Waals surface area contributed by atoms with Gasteiger partial charge in [-0.1, -0.05) is 30.3 Å². The Morgan fingerprint density at radius 1 is 1.17 bits per heavy atom. The molecule has 0 amide bonds. The van der Waals surface area contributed by atoms with Gasteiger partial charge in [-0.2, -0.15) is 0 Å². The quantitative estimate of drug-likeness (QED) is 0.745. The van der Waals surface area contributed by atoms with E-state index in [0.29, 0.717) is 0 Å². The topological polar surface area (TPSA) is 37.4 Å². The van der Waals surface area contributed by atoms with Gasteiger partial charge in [0.05, 0.1) is 6.04 Å². The predicted molar refractivity (Wildman–Crippen MR) is 68.1 cm³/mol. The highest BCUT2D eigenvalue weighted by Gasteiger charge is 2.48. The average Bonchev–Trinajstić information content (AvgIpc) is 2.65. The minimum absolute atomic E-state index is 0.00160. The molecule has 1 aromatic carbocycles. The van der Waals surface area contributed by atoms with Crippen LogP contribution in [0.2, 0.25) is 0 Å². The first-order valence-corrected chi connectivity index (χ1v) is 6.57. The van der Waals surface area contributed by atoms with Crippen molar-refractivity contribution >= 4 is 11.6 Å². The van der Waals surface area contributed by atoms with Crippen molar-refractivity contribution in [2.24, 2.45) is 5.92 Å².